The number of H-pyrrole nitrogens is 1. The SMILES string of the molecule is COc1ccc(CN2C3CC2CN(c2ccc(-c4cc(OCCCF)cn5nc6[nH]ncc6c45)cn2)C3)cn1. The van der Waals surface area contributed by atoms with Crippen molar-refractivity contribution < 1.29 is 13.9 Å². The third-order valence-electron chi connectivity index (χ3n) is 7.75. The minimum Gasteiger partial charge on any atom is -0.492 e. The lowest BCUT2D eigenvalue weighted by Crippen LogP contribution is -2.68. The number of halogens is 1. The molecule has 8 heterocycles. The maximum absolute atomic E-state index is 12.6. The van der Waals surface area contributed by atoms with Crippen LogP contribution in [-0.2, 0) is 6.54 Å². The fourth-order valence-electron chi connectivity index (χ4n) is 5.78. The van der Waals surface area contributed by atoms with Gasteiger partial charge in [0.05, 0.1) is 43.7 Å². The van der Waals surface area contributed by atoms with Crippen LogP contribution >= 0.6 is 0 Å². The number of ether oxygens (including phenoxy) is 2. The predicted molar refractivity (Wildman–Crippen MR) is 145 cm³/mol. The van der Waals surface area contributed by atoms with E-state index in [9.17, 15) is 4.39 Å². The fourth-order valence-corrected chi connectivity index (χ4v) is 5.78. The molecular weight excluding hydrogens is 499 g/mol. The molecule has 0 spiro atoms. The van der Waals surface area contributed by atoms with Gasteiger partial charge in [-0.1, -0.05) is 6.07 Å². The van der Waals surface area contributed by atoms with E-state index >= 15 is 0 Å². The summed E-state index contributed by atoms with van der Waals surface area (Å²) in [4.78, 5) is 14.2. The van der Waals surface area contributed by atoms with Crippen LogP contribution in [0.2, 0.25) is 0 Å². The van der Waals surface area contributed by atoms with Crippen molar-refractivity contribution in [2.75, 3.05) is 38.4 Å². The van der Waals surface area contributed by atoms with Gasteiger partial charge in [0, 0.05) is 67.7 Å². The number of methoxy groups -OCH3 is 1. The number of rotatable bonds is 9. The van der Waals surface area contributed by atoms with Gasteiger partial charge >= 0.3 is 0 Å². The summed E-state index contributed by atoms with van der Waals surface area (Å²) >= 11 is 0. The molecule has 0 aliphatic carbocycles. The van der Waals surface area contributed by atoms with Gasteiger partial charge in [0.1, 0.15) is 11.6 Å². The first kappa shape index (κ1) is 23.8. The van der Waals surface area contributed by atoms with Crippen LogP contribution in [0.1, 0.15) is 18.4 Å². The molecule has 200 valence electrons. The minimum absolute atomic E-state index is 0.308. The van der Waals surface area contributed by atoms with Crippen LogP contribution in [0.3, 0.4) is 0 Å². The van der Waals surface area contributed by atoms with E-state index in [0.29, 0.717) is 42.4 Å². The number of anilines is 1. The van der Waals surface area contributed by atoms with E-state index in [0.717, 1.165) is 47.5 Å². The molecule has 0 saturated carbocycles. The molecule has 0 aromatic carbocycles. The Bertz CT molecular complexity index is 1590. The Kier molecular flexibility index (Phi) is 5.99. The van der Waals surface area contributed by atoms with Gasteiger partial charge in [-0.3, -0.25) is 14.4 Å². The molecule has 3 fully saturated rings. The second-order valence-corrected chi connectivity index (χ2v) is 10.1. The summed E-state index contributed by atoms with van der Waals surface area (Å²) in [5, 5.41) is 12.6. The largest absolute Gasteiger partial charge is 0.492 e. The highest BCUT2D eigenvalue weighted by Gasteiger charge is 2.44. The smallest absolute Gasteiger partial charge is 0.212 e. The van der Waals surface area contributed by atoms with Crippen LogP contribution in [0, 0.1) is 0 Å². The first-order valence-corrected chi connectivity index (χ1v) is 13.2. The number of aromatic nitrogens is 6. The Hall–Kier alpha value is -4.25. The van der Waals surface area contributed by atoms with Gasteiger partial charge in [-0.05, 0) is 30.2 Å². The van der Waals surface area contributed by atoms with Gasteiger partial charge in [-0.15, -0.1) is 5.10 Å². The molecule has 3 saturated heterocycles. The van der Waals surface area contributed by atoms with Crippen LogP contribution in [0.5, 0.6) is 11.6 Å². The molecule has 3 aliphatic rings. The van der Waals surface area contributed by atoms with E-state index in [-0.39, 0.29) is 0 Å². The molecule has 3 aliphatic heterocycles. The van der Waals surface area contributed by atoms with Crippen LogP contribution < -0.4 is 14.4 Å². The normalized spacial score (nSPS) is 19.0. The van der Waals surface area contributed by atoms with E-state index in [2.05, 4.69) is 48.3 Å². The molecule has 0 amide bonds. The Labute approximate surface area is 224 Å². The highest BCUT2D eigenvalue weighted by atomic mass is 19.1. The lowest BCUT2D eigenvalue weighted by atomic mass is 9.87. The zero-order valence-electron chi connectivity index (χ0n) is 21.6. The molecule has 0 radical (unpaired) electrons. The standard InChI is InChI=1S/C28H29FN8O2/c1-38-26-6-3-18(11-31-26)14-36-20-9-21(36)16-35(15-20)25-5-4-19(12-30-25)23-10-22(39-8-2-7-29)17-37-27(23)24-13-32-33-28(24)34-37/h3-6,10-13,17,20-21H,2,7-9,14-16H2,1H3,(H,33,34). The maximum Gasteiger partial charge on any atom is 0.212 e. The third-order valence-corrected chi connectivity index (χ3v) is 7.75. The molecule has 2 bridgehead atoms. The second kappa shape index (κ2) is 9.81. The van der Waals surface area contributed by atoms with Gasteiger partial charge in [-0.2, -0.15) is 5.10 Å². The van der Waals surface area contributed by atoms with Crippen LogP contribution in [0.15, 0.2) is 55.1 Å². The number of nitrogens with one attached hydrogen (secondary N) is 1. The third kappa shape index (κ3) is 4.32. The number of piperazine rings is 1. The highest BCUT2D eigenvalue weighted by Crippen LogP contribution is 2.37. The number of piperidine rings is 1. The molecule has 10 nitrogen and oxygen atoms in total. The Morgan fingerprint density at radius 2 is 1.97 bits per heavy atom. The van der Waals surface area contributed by atoms with Crippen molar-refractivity contribution in [3.63, 3.8) is 0 Å². The second-order valence-electron chi connectivity index (χ2n) is 10.1. The molecule has 1 N–H and O–H groups in total. The number of pyridine rings is 3. The van der Waals surface area contributed by atoms with E-state index in [1.54, 1.807) is 17.8 Å². The topological polar surface area (TPSA) is 96.7 Å². The Morgan fingerprint density at radius 3 is 2.72 bits per heavy atom. The van der Waals surface area contributed by atoms with Gasteiger partial charge in [0.25, 0.3) is 0 Å². The van der Waals surface area contributed by atoms with Gasteiger partial charge in [0.2, 0.25) is 5.88 Å². The lowest BCUT2D eigenvalue weighted by Gasteiger charge is -2.56. The van der Waals surface area contributed by atoms with Crippen LogP contribution in [0.4, 0.5) is 10.2 Å². The van der Waals surface area contributed by atoms with Crippen LogP contribution in [0.25, 0.3) is 27.7 Å². The minimum atomic E-state index is -0.411. The molecule has 5 aromatic rings. The first-order chi connectivity index (χ1) is 19.2. The number of fused-ring (bicyclic) bond motifs is 5. The Balaban J connectivity index is 1.10. The number of hydrogen-bond acceptors (Lipinski definition) is 8. The zero-order valence-corrected chi connectivity index (χ0v) is 21.6. The highest BCUT2D eigenvalue weighted by molar-refractivity contribution is 6.00. The molecule has 8 rings (SSSR count). The molecule has 2 atom stereocenters. The molecular formula is C28H29FN8O2. The maximum atomic E-state index is 12.6. The quantitative estimate of drug-likeness (QED) is 0.288. The van der Waals surface area contributed by atoms with Crippen molar-refractivity contribution in [3.8, 4) is 22.8 Å². The van der Waals surface area contributed by atoms with Crippen molar-refractivity contribution in [1.29, 1.82) is 0 Å². The number of aromatic amines is 1. The average molecular weight is 529 g/mol. The summed E-state index contributed by atoms with van der Waals surface area (Å²) in [5.74, 6) is 2.26. The van der Waals surface area contributed by atoms with Gasteiger partial charge in [0.15, 0.2) is 5.65 Å². The van der Waals surface area contributed by atoms with Crippen molar-refractivity contribution >= 4 is 22.4 Å². The number of nitrogens with zero attached hydrogens (tertiary/aromatic N) is 7. The number of hydrogen-bond donors (Lipinski definition) is 1. The monoisotopic (exact) mass is 528 g/mol. The Morgan fingerprint density at radius 1 is 1.08 bits per heavy atom. The van der Waals surface area contributed by atoms with E-state index in [1.807, 2.05) is 30.7 Å². The summed E-state index contributed by atoms with van der Waals surface area (Å²) in [6.45, 7) is 2.70. The van der Waals surface area contributed by atoms with Crippen molar-refractivity contribution in [1.82, 2.24) is 34.7 Å². The summed E-state index contributed by atoms with van der Waals surface area (Å²) in [7, 11) is 1.64. The van der Waals surface area contributed by atoms with Crippen molar-refractivity contribution in [2.45, 2.75) is 31.5 Å². The summed E-state index contributed by atoms with van der Waals surface area (Å²) in [5.41, 5.74) is 4.73. The zero-order chi connectivity index (χ0) is 26.3. The van der Waals surface area contributed by atoms with Crippen molar-refractivity contribution in [2.24, 2.45) is 0 Å². The van der Waals surface area contributed by atoms with E-state index in [4.69, 9.17) is 14.5 Å². The molecule has 5 aromatic heterocycles. The van der Waals surface area contributed by atoms with Crippen LogP contribution in [-0.4, -0.2) is 80.2 Å². The van der Waals surface area contributed by atoms with Gasteiger partial charge in [-0.25, -0.2) is 14.5 Å². The van der Waals surface area contributed by atoms with E-state index < -0.39 is 6.67 Å². The number of alkyl halides is 1. The summed E-state index contributed by atoms with van der Waals surface area (Å²) < 4.78 is 25.4. The van der Waals surface area contributed by atoms with Crippen molar-refractivity contribution in [3.05, 3.63) is 60.7 Å². The predicted octanol–water partition coefficient (Wildman–Crippen LogP) is 3.88. The molecule has 2 unspecified atom stereocenters. The molecule has 11 heteroatoms. The summed E-state index contributed by atoms with van der Waals surface area (Å²) in [6, 6.07) is 11.2. The van der Waals surface area contributed by atoms with E-state index in [1.165, 1.54) is 12.0 Å². The molecule has 39 heavy (non-hydrogen) atoms. The average Bonchev–Trinajstić information content (AvgIpc) is 3.57. The summed E-state index contributed by atoms with van der Waals surface area (Å²) in [6.07, 6.45) is 8.98. The lowest BCUT2D eigenvalue weighted by molar-refractivity contribution is -0.00876. The fraction of sp³-hybridized carbons (Fsp3) is 0.357. The van der Waals surface area contributed by atoms with Gasteiger partial charge < -0.3 is 14.4 Å². The first-order valence-electron chi connectivity index (χ1n) is 13.2.